The molecule has 106 valence electrons. The van der Waals surface area contributed by atoms with E-state index in [1.807, 2.05) is 25.7 Å². The second-order valence-corrected chi connectivity index (χ2v) is 6.38. The van der Waals surface area contributed by atoms with Crippen molar-refractivity contribution >= 4 is 6.09 Å². The molecule has 4 nitrogen and oxygen atoms in total. The molecule has 2 saturated heterocycles. The number of piperidine rings is 1. The number of carbonyl (C=O) groups excluding carboxylic acids is 1. The van der Waals surface area contributed by atoms with Gasteiger partial charge >= 0.3 is 6.09 Å². The molecule has 2 atom stereocenters. The van der Waals surface area contributed by atoms with E-state index in [4.69, 9.17) is 15.9 Å². The number of fused-ring (bicyclic) bond motifs is 2. The van der Waals surface area contributed by atoms with Crippen LogP contribution in [0.2, 0.25) is 0 Å². The fraction of sp³-hybridized carbons (Fsp3) is 0.800. The number of rotatable bonds is 2. The minimum Gasteiger partial charge on any atom is -0.444 e. The second kappa shape index (κ2) is 5.42. The second-order valence-electron chi connectivity index (χ2n) is 6.38. The average Bonchev–Trinajstić information content (AvgIpc) is 2.56. The summed E-state index contributed by atoms with van der Waals surface area (Å²) in [7, 11) is 0. The highest BCUT2D eigenvalue weighted by Gasteiger charge is 2.45. The number of nitrogens with zero attached hydrogens (tertiary/aromatic N) is 1. The summed E-state index contributed by atoms with van der Waals surface area (Å²) in [5.74, 6) is 2.50. The van der Waals surface area contributed by atoms with Crippen LogP contribution in [0.5, 0.6) is 0 Å². The summed E-state index contributed by atoms with van der Waals surface area (Å²) in [6, 6.07) is 0.493. The van der Waals surface area contributed by atoms with Crippen molar-refractivity contribution in [2.24, 2.45) is 0 Å². The molecule has 2 bridgehead atoms. The van der Waals surface area contributed by atoms with E-state index in [9.17, 15) is 4.79 Å². The van der Waals surface area contributed by atoms with Crippen molar-refractivity contribution in [3.05, 3.63) is 0 Å². The van der Waals surface area contributed by atoms with Crippen molar-refractivity contribution in [3.8, 4) is 12.3 Å². The molecular weight excluding hydrogens is 242 g/mol. The van der Waals surface area contributed by atoms with Crippen molar-refractivity contribution in [2.75, 3.05) is 6.61 Å². The largest absolute Gasteiger partial charge is 0.444 e. The van der Waals surface area contributed by atoms with Crippen molar-refractivity contribution in [1.82, 2.24) is 4.90 Å². The minimum absolute atomic E-state index is 0.185. The fourth-order valence-electron chi connectivity index (χ4n) is 3.04. The normalized spacial score (nSPS) is 30.0. The lowest BCUT2D eigenvalue weighted by atomic mass is 10.0. The van der Waals surface area contributed by atoms with Crippen LogP contribution in [0.15, 0.2) is 0 Å². The molecule has 2 fully saturated rings. The van der Waals surface area contributed by atoms with Gasteiger partial charge in [0, 0.05) is 12.1 Å². The van der Waals surface area contributed by atoms with Crippen LogP contribution in [0.1, 0.15) is 46.5 Å². The van der Waals surface area contributed by atoms with Crippen LogP contribution in [-0.4, -0.2) is 41.4 Å². The van der Waals surface area contributed by atoms with Gasteiger partial charge in [0.25, 0.3) is 0 Å². The lowest BCUT2D eigenvalue weighted by molar-refractivity contribution is -0.0271. The van der Waals surface area contributed by atoms with Crippen LogP contribution in [0.3, 0.4) is 0 Å². The first-order valence-corrected chi connectivity index (χ1v) is 6.97. The van der Waals surface area contributed by atoms with Gasteiger partial charge in [0.15, 0.2) is 0 Å². The predicted molar refractivity (Wildman–Crippen MR) is 72.7 cm³/mol. The molecule has 0 radical (unpaired) electrons. The van der Waals surface area contributed by atoms with Crippen LogP contribution in [0.25, 0.3) is 0 Å². The molecule has 2 rings (SSSR count). The van der Waals surface area contributed by atoms with E-state index in [0.29, 0.717) is 6.61 Å². The molecule has 4 heteroatoms. The first-order valence-electron chi connectivity index (χ1n) is 6.97. The lowest BCUT2D eigenvalue weighted by Crippen LogP contribution is -2.50. The molecule has 0 aromatic rings. The van der Waals surface area contributed by atoms with E-state index in [0.717, 1.165) is 25.7 Å². The maximum absolute atomic E-state index is 12.2. The Hall–Kier alpha value is -1.21. The van der Waals surface area contributed by atoms with Crippen LogP contribution in [0.4, 0.5) is 4.79 Å². The summed E-state index contributed by atoms with van der Waals surface area (Å²) in [4.78, 5) is 14.1. The first-order chi connectivity index (χ1) is 8.90. The fourth-order valence-corrected chi connectivity index (χ4v) is 3.04. The molecule has 1 amide bonds. The van der Waals surface area contributed by atoms with Gasteiger partial charge in [0.05, 0.1) is 6.10 Å². The number of ether oxygens (including phenoxy) is 2. The summed E-state index contributed by atoms with van der Waals surface area (Å²) in [6.07, 6.45) is 9.05. The van der Waals surface area contributed by atoms with Crippen molar-refractivity contribution in [2.45, 2.75) is 70.2 Å². The van der Waals surface area contributed by atoms with Gasteiger partial charge in [-0.25, -0.2) is 4.79 Å². The molecule has 2 heterocycles. The van der Waals surface area contributed by atoms with Crippen LogP contribution < -0.4 is 0 Å². The number of hydrogen-bond acceptors (Lipinski definition) is 3. The van der Waals surface area contributed by atoms with Gasteiger partial charge in [-0.3, -0.25) is 0 Å². The minimum atomic E-state index is -0.437. The van der Waals surface area contributed by atoms with E-state index in [2.05, 4.69) is 5.92 Å². The molecule has 0 N–H and O–H groups in total. The van der Waals surface area contributed by atoms with Gasteiger partial charge in [0.1, 0.15) is 12.2 Å². The maximum Gasteiger partial charge on any atom is 0.410 e. The highest BCUT2D eigenvalue weighted by Crippen LogP contribution is 2.37. The van der Waals surface area contributed by atoms with Crippen molar-refractivity contribution < 1.29 is 14.3 Å². The third-order valence-corrected chi connectivity index (χ3v) is 3.70. The summed E-state index contributed by atoms with van der Waals surface area (Å²) < 4.78 is 11.1. The van der Waals surface area contributed by atoms with Gasteiger partial charge in [-0.2, -0.15) is 0 Å². The SMILES string of the molecule is C#CCOC1CC2CCC(C1)N2C(=O)OC(C)(C)C. The Labute approximate surface area is 115 Å². The van der Waals surface area contributed by atoms with Crippen LogP contribution in [0, 0.1) is 12.3 Å². The number of hydrogen-bond donors (Lipinski definition) is 0. The Kier molecular flexibility index (Phi) is 4.05. The summed E-state index contributed by atoms with van der Waals surface area (Å²) in [5.41, 5.74) is -0.437. The third kappa shape index (κ3) is 3.42. The summed E-state index contributed by atoms with van der Waals surface area (Å²) in [5, 5.41) is 0. The highest BCUT2D eigenvalue weighted by molar-refractivity contribution is 5.69. The van der Waals surface area contributed by atoms with E-state index in [1.165, 1.54) is 0 Å². The molecule has 2 aliphatic rings. The van der Waals surface area contributed by atoms with Crippen LogP contribution >= 0.6 is 0 Å². The molecular formula is C15H23NO3. The van der Waals surface area contributed by atoms with Gasteiger partial charge in [-0.15, -0.1) is 6.42 Å². The molecule has 0 aromatic carbocycles. The van der Waals surface area contributed by atoms with Gasteiger partial charge in [0.2, 0.25) is 0 Å². The molecule has 0 aliphatic carbocycles. The van der Waals surface area contributed by atoms with E-state index in [1.54, 1.807) is 0 Å². The third-order valence-electron chi connectivity index (χ3n) is 3.70. The molecule has 2 unspecified atom stereocenters. The predicted octanol–water partition coefficient (Wildman–Crippen LogP) is 2.57. The Morgan fingerprint density at radius 1 is 1.32 bits per heavy atom. The molecule has 19 heavy (non-hydrogen) atoms. The zero-order valence-electron chi connectivity index (χ0n) is 12.0. The average molecular weight is 265 g/mol. The molecule has 0 aromatic heterocycles. The Morgan fingerprint density at radius 2 is 1.89 bits per heavy atom. The molecule has 0 saturated carbocycles. The maximum atomic E-state index is 12.2. The number of terminal acetylenes is 1. The van der Waals surface area contributed by atoms with Gasteiger partial charge in [-0.05, 0) is 46.5 Å². The van der Waals surface area contributed by atoms with Crippen molar-refractivity contribution in [1.29, 1.82) is 0 Å². The zero-order valence-corrected chi connectivity index (χ0v) is 12.0. The monoisotopic (exact) mass is 265 g/mol. The van der Waals surface area contributed by atoms with E-state index in [-0.39, 0.29) is 24.3 Å². The first kappa shape index (κ1) is 14.2. The number of carbonyl (C=O) groups is 1. The summed E-state index contributed by atoms with van der Waals surface area (Å²) in [6.45, 7) is 6.05. The Balaban J connectivity index is 1.96. The van der Waals surface area contributed by atoms with Gasteiger partial charge in [-0.1, -0.05) is 5.92 Å². The summed E-state index contributed by atoms with van der Waals surface area (Å²) >= 11 is 0. The van der Waals surface area contributed by atoms with E-state index < -0.39 is 5.60 Å². The van der Waals surface area contributed by atoms with E-state index >= 15 is 0 Å². The van der Waals surface area contributed by atoms with Crippen LogP contribution in [-0.2, 0) is 9.47 Å². The highest BCUT2D eigenvalue weighted by atomic mass is 16.6. The zero-order chi connectivity index (χ0) is 14.0. The smallest absolute Gasteiger partial charge is 0.410 e. The quantitative estimate of drug-likeness (QED) is 0.720. The van der Waals surface area contributed by atoms with Crippen molar-refractivity contribution in [3.63, 3.8) is 0 Å². The molecule has 0 spiro atoms. The molecule has 2 aliphatic heterocycles. The lowest BCUT2D eigenvalue weighted by Gasteiger charge is -2.39. The topological polar surface area (TPSA) is 38.8 Å². The standard InChI is InChI=1S/C15H23NO3/c1-5-8-18-13-9-11-6-7-12(10-13)16(11)14(17)19-15(2,3)4/h1,11-13H,6-10H2,2-4H3. The van der Waals surface area contributed by atoms with Gasteiger partial charge < -0.3 is 14.4 Å². The Morgan fingerprint density at radius 3 is 2.37 bits per heavy atom. The Bertz CT molecular complexity index is 366. The number of amides is 1.